The third-order valence-electron chi connectivity index (χ3n) is 6.13. The van der Waals surface area contributed by atoms with E-state index in [0.29, 0.717) is 6.61 Å². The monoisotopic (exact) mass is 496 g/mol. The van der Waals surface area contributed by atoms with Crippen LogP contribution >= 0.6 is 0 Å². The van der Waals surface area contributed by atoms with Crippen molar-refractivity contribution in [3.8, 4) is 0 Å². The van der Waals surface area contributed by atoms with Crippen molar-refractivity contribution in [3.63, 3.8) is 0 Å². The summed E-state index contributed by atoms with van der Waals surface area (Å²) in [7, 11) is -4.10. The highest BCUT2D eigenvalue weighted by atomic mass is 32.2. The maximum atomic E-state index is 13.2. The number of ether oxygens (including phenoxy) is 4. The minimum absolute atomic E-state index is 0.0618. The highest BCUT2D eigenvalue weighted by Crippen LogP contribution is 2.36. The fourth-order valence-corrected chi connectivity index (χ4v) is 5.34. The van der Waals surface area contributed by atoms with E-state index in [4.69, 9.17) is 23.1 Å². The van der Waals surface area contributed by atoms with Gasteiger partial charge in [0, 0.05) is 0 Å². The lowest BCUT2D eigenvalue weighted by molar-refractivity contribution is -0.246. The molecular formula is C27H28O7S. The standard InChI is InChI=1S/C27H28O7S/c1-19-12-14-22(15-13-19)35(28,29)34-26-25(31-17-21-10-6-3-7-11-21)24(23-18-32-27(26)33-23)30-16-20-8-4-2-5-9-20/h2-15,23-27H,16-18H2,1H3/t23-,24-,25+,26-,27-/m1/s1. The van der Waals surface area contributed by atoms with E-state index in [2.05, 4.69) is 0 Å². The van der Waals surface area contributed by atoms with E-state index in [1.807, 2.05) is 67.6 Å². The third kappa shape index (κ3) is 5.64. The molecule has 35 heavy (non-hydrogen) atoms. The zero-order chi connectivity index (χ0) is 24.3. The quantitative estimate of drug-likeness (QED) is 0.414. The molecule has 2 fully saturated rings. The Balaban J connectivity index is 1.41. The van der Waals surface area contributed by atoms with Gasteiger partial charge in [-0.15, -0.1) is 0 Å². The SMILES string of the molecule is Cc1ccc(S(=O)(=O)O[C@H]2[C@@H]3OC[C@@H](O3)[C@@H](OCc3ccccc3)[C@@H]2OCc2ccccc2)cc1. The number of rotatable bonds is 9. The average molecular weight is 497 g/mol. The molecule has 3 aromatic rings. The summed E-state index contributed by atoms with van der Waals surface area (Å²) in [5.41, 5.74) is 2.89. The van der Waals surface area contributed by atoms with Gasteiger partial charge in [-0.3, -0.25) is 4.18 Å². The second kappa shape index (κ2) is 10.6. The molecule has 0 N–H and O–H groups in total. The second-order valence-corrected chi connectivity index (χ2v) is 10.3. The Morgan fingerprint density at radius 2 is 1.34 bits per heavy atom. The van der Waals surface area contributed by atoms with Crippen LogP contribution in [0.5, 0.6) is 0 Å². The lowest BCUT2D eigenvalue weighted by Crippen LogP contribution is -2.57. The number of benzene rings is 3. The van der Waals surface area contributed by atoms with Gasteiger partial charge in [-0.1, -0.05) is 78.4 Å². The van der Waals surface area contributed by atoms with Gasteiger partial charge in [0.25, 0.3) is 10.1 Å². The molecule has 7 nitrogen and oxygen atoms in total. The maximum absolute atomic E-state index is 13.2. The fraction of sp³-hybridized carbons (Fsp3) is 0.333. The van der Waals surface area contributed by atoms with Crippen molar-refractivity contribution in [2.45, 2.75) is 55.7 Å². The smallest absolute Gasteiger partial charge is 0.297 e. The first-order valence-corrected chi connectivity index (χ1v) is 13.0. The minimum Gasteiger partial charge on any atom is -0.368 e. The van der Waals surface area contributed by atoms with Crippen LogP contribution in [-0.4, -0.2) is 45.7 Å². The molecule has 2 heterocycles. The Morgan fingerprint density at radius 1 is 0.771 bits per heavy atom. The molecule has 5 rings (SSSR count). The zero-order valence-electron chi connectivity index (χ0n) is 19.4. The predicted octanol–water partition coefficient (Wildman–Crippen LogP) is 3.99. The van der Waals surface area contributed by atoms with Gasteiger partial charge >= 0.3 is 0 Å². The van der Waals surface area contributed by atoms with Gasteiger partial charge in [-0.25, -0.2) is 0 Å². The molecule has 2 aliphatic heterocycles. The van der Waals surface area contributed by atoms with Crippen LogP contribution in [0, 0.1) is 6.92 Å². The van der Waals surface area contributed by atoms with Crippen LogP contribution in [0.3, 0.4) is 0 Å². The highest BCUT2D eigenvalue weighted by Gasteiger charge is 2.54. The minimum atomic E-state index is -4.10. The van der Waals surface area contributed by atoms with Gasteiger partial charge in [0.2, 0.25) is 0 Å². The van der Waals surface area contributed by atoms with Crippen LogP contribution in [0.1, 0.15) is 16.7 Å². The van der Waals surface area contributed by atoms with Crippen LogP contribution in [0.2, 0.25) is 0 Å². The molecule has 184 valence electrons. The summed E-state index contributed by atoms with van der Waals surface area (Å²) in [4.78, 5) is 0.0618. The summed E-state index contributed by atoms with van der Waals surface area (Å²) >= 11 is 0. The molecule has 8 heteroatoms. The first-order valence-electron chi connectivity index (χ1n) is 11.6. The van der Waals surface area contributed by atoms with Crippen LogP contribution in [0.25, 0.3) is 0 Å². The van der Waals surface area contributed by atoms with E-state index in [1.165, 1.54) is 12.1 Å². The Hall–Kier alpha value is -2.59. The van der Waals surface area contributed by atoms with E-state index >= 15 is 0 Å². The second-order valence-electron chi connectivity index (χ2n) is 8.73. The third-order valence-corrected chi connectivity index (χ3v) is 7.46. The van der Waals surface area contributed by atoms with E-state index in [1.54, 1.807) is 12.1 Å². The highest BCUT2D eigenvalue weighted by molar-refractivity contribution is 7.86. The van der Waals surface area contributed by atoms with Crippen LogP contribution < -0.4 is 0 Å². The molecule has 2 aliphatic rings. The van der Waals surface area contributed by atoms with Crippen molar-refractivity contribution < 1.29 is 31.5 Å². The molecule has 0 aromatic heterocycles. The van der Waals surface area contributed by atoms with E-state index in [9.17, 15) is 8.42 Å². The predicted molar refractivity (Wildman–Crippen MR) is 128 cm³/mol. The topological polar surface area (TPSA) is 80.3 Å². The van der Waals surface area contributed by atoms with Gasteiger partial charge in [0.15, 0.2) is 12.4 Å². The number of hydrogen-bond acceptors (Lipinski definition) is 7. The van der Waals surface area contributed by atoms with Crippen molar-refractivity contribution in [2.75, 3.05) is 6.61 Å². The average Bonchev–Trinajstić information content (AvgIpc) is 3.31. The van der Waals surface area contributed by atoms with Crippen molar-refractivity contribution in [1.29, 1.82) is 0 Å². The normalized spacial score (nSPS) is 26.0. The molecule has 0 aliphatic carbocycles. The molecule has 0 spiro atoms. The molecule has 3 aromatic carbocycles. The Kier molecular flexibility index (Phi) is 7.29. The van der Waals surface area contributed by atoms with Crippen molar-refractivity contribution in [2.24, 2.45) is 0 Å². The Labute approximate surface area is 205 Å². The van der Waals surface area contributed by atoms with Crippen LogP contribution in [0.15, 0.2) is 89.8 Å². The lowest BCUT2D eigenvalue weighted by Gasteiger charge is -2.39. The van der Waals surface area contributed by atoms with Gasteiger partial charge in [-0.2, -0.15) is 8.42 Å². The molecule has 2 bridgehead atoms. The fourth-order valence-electron chi connectivity index (χ4n) is 4.27. The molecule has 2 saturated heterocycles. The summed E-state index contributed by atoms with van der Waals surface area (Å²) in [6.45, 7) is 2.74. The molecule has 5 atom stereocenters. The van der Waals surface area contributed by atoms with Crippen molar-refractivity contribution >= 4 is 10.1 Å². The Bertz CT molecular complexity index is 1200. The van der Waals surface area contributed by atoms with Gasteiger partial charge in [0.05, 0.1) is 24.7 Å². The Morgan fingerprint density at radius 3 is 1.94 bits per heavy atom. The number of hydrogen-bond donors (Lipinski definition) is 0. The molecular weight excluding hydrogens is 468 g/mol. The lowest BCUT2D eigenvalue weighted by atomic mass is 10.0. The number of aryl methyl sites for hydroxylation is 1. The summed E-state index contributed by atoms with van der Waals surface area (Å²) in [5, 5.41) is 0. The largest absolute Gasteiger partial charge is 0.368 e. The number of fused-ring (bicyclic) bond motifs is 2. The summed E-state index contributed by atoms with van der Waals surface area (Å²) in [6, 6.07) is 25.9. The van der Waals surface area contributed by atoms with Gasteiger partial charge in [0.1, 0.15) is 18.3 Å². The van der Waals surface area contributed by atoms with Crippen LogP contribution in [0.4, 0.5) is 0 Å². The molecule has 0 amide bonds. The van der Waals surface area contributed by atoms with E-state index in [-0.39, 0.29) is 18.1 Å². The molecule has 0 saturated carbocycles. The zero-order valence-corrected chi connectivity index (χ0v) is 20.2. The van der Waals surface area contributed by atoms with Crippen molar-refractivity contribution in [3.05, 3.63) is 102 Å². The first-order chi connectivity index (χ1) is 17.0. The van der Waals surface area contributed by atoms with Crippen molar-refractivity contribution in [1.82, 2.24) is 0 Å². The van der Waals surface area contributed by atoms with Gasteiger partial charge in [-0.05, 0) is 30.2 Å². The van der Waals surface area contributed by atoms with Crippen LogP contribution in [-0.2, 0) is 46.5 Å². The summed E-state index contributed by atoms with van der Waals surface area (Å²) in [6.07, 6.45) is -3.63. The summed E-state index contributed by atoms with van der Waals surface area (Å²) in [5.74, 6) is 0. The molecule has 0 radical (unpaired) electrons. The molecule has 0 unspecified atom stereocenters. The van der Waals surface area contributed by atoms with E-state index in [0.717, 1.165) is 16.7 Å². The van der Waals surface area contributed by atoms with E-state index < -0.39 is 40.8 Å². The first kappa shape index (κ1) is 24.1. The van der Waals surface area contributed by atoms with Gasteiger partial charge < -0.3 is 18.9 Å². The maximum Gasteiger partial charge on any atom is 0.297 e. The summed E-state index contributed by atoms with van der Waals surface area (Å²) < 4.78 is 56.4.